The van der Waals surface area contributed by atoms with Gasteiger partial charge >= 0.3 is 0 Å². The first-order valence-corrected chi connectivity index (χ1v) is 12.2. The van der Waals surface area contributed by atoms with Crippen LogP contribution in [0.4, 0.5) is 0 Å². The van der Waals surface area contributed by atoms with Crippen molar-refractivity contribution in [3.63, 3.8) is 0 Å². The van der Waals surface area contributed by atoms with Crippen molar-refractivity contribution < 1.29 is 16.8 Å². The molecule has 0 bridgehead atoms. The summed E-state index contributed by atoms with van der Waals surface area (Å²) in [6, 6.07) is 2.08. The van der Waals surface area contributed by atoms with Gasteiger partial charge in [0.1, 0.15) is 19.7 Å². The first-order valence-electron chi connectivity index (χ1n) is 8.08. The molecule has 0 aliphatic rings. The van der Waals surface area contributed by atoms with Gasteiger partial charge in [0.15, 0.2) is 0 Å². The summed E-state index contributed by atoms with van der Waals surface area (Å²) in [5.41, 5.74) is 0. The van der Waals surface area contributed by atoms with Crippen LogP contribution in [0.25, 0.3) is 0 Å². The normalized spacial score (nSPS) is 15.5. The van der Waals surface area contributed by atoms with Crippen molar-refractivity contribution in [2.45, 2.75) is 38.8 Å². The maximum Gasteiger partial charge on any atom is 0.147 e. The molecule has 0 N–H and O–H groups in total. The van der Waals surface area contributed by atoms with Gasteiger partial charge in [-0.3, -0.25) is 9.58 Å². The molecule has 0 aliphatic carbocycles. The molecule has 9 heteroatoms. The maximum absolute atomic E-state index is 11.3. The third-order valence-corrected chi connectivity index (χ3v) is 6.20. The third kappa shape index (κ3) is 8.25. The molecular weight excluding hydrogens is 350 g/mol. The molecule has 1 rings (SSSR count). The van der Waals surface area contributed by atoms with Crippen LogP contribution in [-0.4, -0.2) is 74.7 Å². The predicted octanol–water partition coefficient (Wildman–Crippen LogP) is 1.00. The Hall–Kier alpha value is -0.930. The fourth-order valence-electron chi connectivity index (χ4n) is 2.63. The van der Waals surface area contributed by atoms with Crippen LogP contribution in [0.1, 0.15) is 32.7 Å². The van der Waals surface area contributed by atoms with Gasteiger partial charge in [-0.1, -0.05) is 0 Å². The summed E-state index contributed by atoms with van der Waals surface area (Å²) >= 11 is 0. The highest BCUT2D eigenvalue weighted by molar-refractivity contribution is 7.90. The summed E-state index contributed by atoms with van der Waals surface area (Å²) in [5, 5.41) is 4.26. The second kappa shape index (κ2) is 8.96. The Morgan fingerprint density at radius 3 is 1.88 bits per heavy atom. The van der Waals surface area contributed by atoms with Gasteiger partial charge in [0.2, 0.25) is 0 Å². The Labute approximate surface area is 145 Å². The summed E-state index contributed by atoms with van der Waals surface area (Å²) < 4.78 is 47.2. The Bertz CT molecular complexity index is 646. The number of aromatic nitrogens is 2. The van der Waals surface area contributed by atoms with E-state index < -0.39 is 19.7 Å². The van der Waals surface area contributed by atoms with Crippen molar-refractivity contribution in [2.24, 2.45) is 0 Å². The van der Waals surface area contributed by atoms with E-state index in [4.69, 9.17) is 0 Å². The number of hydrogen-bond donors (Lipinski definition) is 0. The Morgan fingerprint density at radius 1 is 1.00 bits per heavy atom. The molecule has 0 aromatic carbocycles. The van der Waals surface area contributed by atoms with E-state index in [-0.39, 0.29) is 23.6 Å². The molecule has 0 unspecified atom stereocenters. The molecule has 0 radical (unpaired) electrons. The fourth-order valence-corrected chi connectivity index (χ4v) is 3.93. The van der Waals surface area contributed by atoms with Gasteiger partial charge in [0.25, 0.3) is 0 Å². The molecule has 2 atom stereocenters. The monoisotopic (exact) mass is 379 g/mol. The van der Waals surface area contributed by atoms with Crippen molar-refractivity contribution in [2.75, 3.05) is 37.1 Å². The van der Waals surface area contributed by atoms with Crippen LogP contribution in [0.2, 0.25) is 0 Å². The second-order valence-corrected chi connectivity index (χ2v) is 11.0. The van der Waals surface area contributed by atoms with E-state index in [9.17, 15) is 16.8 Å². The number of sulfone groups is 2. The van der Waals surface area contributed by atoms with Crippen molar-refractivity contribution >= 4 is 19.7 Å². The van der Waals surface area contributed by atoms with Crippen molar-refractivity contribution in [1.82, 2.24) is 14.7 Å². The van der Waals surface area contributed by atoms with Crippen LogP contribution in [-0.2, 0) is 19.7 Å². The lowest BCUT2D eigenvalue weighted by Crippen LogP contribution is -2.41. The summed E-state index contributed by atoms with van der Waals surface area (Å²) in [4.78, 5) is 2.16. The van der Waals surface area contributed by atoms with Crippen LogP contribution in [0.5, 0.6) is 0 Å². The molecule has 0 spiro atoms. The lowest BCUT2D eigenvalue weighted by molar-refractivity contribution is 0.158. The quantitative estimate of drug-likeness (QED) is 0.570. The van der Waals surface area contributed by atoms with Crippen LogP contribution < -0.4 is 0 Å². The molecule has 0 amide bonds. The first-order chi connectivity index (χ1) is 11.0. The Morgan fingerprint density at radius 2 is 1.50 bits per heavy atom. The lowest BCUT2D eigenvalue weighted by atomic mass is 10.1. The average molecular weight is 380 g/mol. The van der Waals surface area contributed by atoms with Gasteiger partial charge < -0.3 is 0 Å². The largest absolute Gasteiger partial charge is 0.298 e. The molecular formula is C15H29N3O4S2. The molecule has 0 fully saturated rings. The number of rotatable bonds is 11. The van der Waals surface area contributed by atoms with Gasteiger partial charge in [-0.2, -0.15) is 5.10 Å². The predicted molar refractivity (Wildman–Crippen MR) is 96.6 cm³/mol. The van der Waals surface area contributed by atoms with Crippen LogP contribution in [0, 0.1) is 0 Å². The van der Waals surface area contributed by atoms with E-state index in [1.807, 2.05) is 16.9 Å². The van der Waals surface area contributed by atoms with E-state index in [0.717, 1.165) is 0 Å². The molecule has 0 saturated carbocycles. The second-order valence-electron chi connectivity index (χ2n) is 6.47. The molecule has 1 aromatic rings. The van der Waals surface area contributed by atoms with Crippen molar-refractivity contribution in [3.8, 4) is 0 Å². The van der Waals surface area contributed by atoms with Crippen molar-refractivity contribution in [3.05, 3.63) is 18.5 Å². The molecule has 0 saturated heterocycles. The maximum atomic E-state index is 11.3. The lowest BCUT2D eigenvalue weighted by Gasteiger charge is -2.33. The Balaban J connectivity index is 2.70. The fraction of sp³-hybridized carbons (Fsp3) is 0.800. The summed E-state index contributed by atoms with van der Waals surface area (Å²) in [5.74, 6) is 0.275. The molecule has 0 aliphatic heterocycles. The van der Waals surface area contributed by atoms with E-state index >= 15 is 0 Å². The van der Waals surface area contributed by atoms with Gasteiger partial charge in [0.05, 0.1) is 17.5 Å². The van der Waals surface area contributed by atoms with Gasteiger partial charge in [0, 0.05) is 30.9 Å². The number of nitrogens with zero attached hydrogens (tertiary/aromatic N) is 3. The molecule has 1 heterocycles. The summed E-state index contributed by atoms with van der Waals surface area (Å²) in [6.45, 7) is 5.35. The van der Waals surface area contributed by atoms with E-state index in [0.29, 0.717) is 25.9 Å². The highest BCUT2D eigenvalue weighted by Gasteiger charge is 2.22. The zero-order chi connectivity index (χ0) is 18.4. The molecule has 140 valence electrons. The van der Waals surface area contributed by atoms with E-state index in [1.165, 1.54) is 12.5 Å². The number of hydrogen-bond acceptors (Lipinski definition) is 6. The van der Waals surface area contributed by atoms with E-state index in [2.05, 4.69) is 23.8 Å². The SMILES string of the molecule is C[C@H]([C@H](C)N(CCCS(C)(=O)=O)CCCS(C)(=O)=O)n1cccn1. The molecule has 7 nitrogen and oxygen atoms in total. The van der Waals surface area contributed by atoms with E-state index in [1.54, 1.807) is 6.20 Å². The standard InChI is InChI=1S/C15H29N3O4S2/c1-14(15(2)18-11-5-8-16-18)17(9-6-12-23(3,19)20)10-7-13-24(4,21)22/h5,8,11,14-15H,6-7,9-10,12-13H2,1-4H3/t14-,15+/m0/s1. The smallest absolute Gasteiger partial charge is 0.147 e. The first kappa shape index (κ1) is 21.1. The summed E-state index contributed by atoms with van der Waals surface area (Å²) in [7, 11) is -5.99. The third-order valence-electron chi connectivity index (χ3n) is 4.14. The topological polar surface area (TPSA) is 89.3 Å². The van der Waals surface area contributed by atoms with Gasteiger partial charge in [-0.15, -0.1) is 0 Å². The zero-order valence-corrected chi connectivity index (χ0v) is 16.6. The minimum absolute atomic E-state index is 0.108. The van der Waals surface area contributed by atoms with Crippen LogP contribution in [0.15, 0.2) is 18.5 Å². The molecule has 24 heavy (non-hydrogen) atoms. The highest BCUT2D eigenvalue weighted by atomic mass is 32.2. The molecule has 1 aromatic heterocycles. The zero-order valence-electron chi connectivity index (χ0n) is 14.9. The highest BCUT2D eigenvalue weighted by Crippen LogP contribution is 2.17. The van der Waals surface area contributed by atoms with Crippen molar-refractivity contribution in [1.29, 1.82) is 0 Å². The average Bonchev–Trinajstić information content (AvgIpc) is 2.95. The van der Waals surface area contributed by atoms with Crippen LogP contribution in [0.3, 0.4) is 0 Å². The van der Waals surface area contributed by atoms with Crippen LogP contribution >= 0.6 is 0 Å². The van der Waals surface area contributed by atoms with Gasteiger partial charge in [-0.05, 0) is 45.8 Å². The minimum atomic E-state index is -2.99. The summed E-state index contributed by atoms with van der Waals surface area (Å²) in [6.07, 6.45) is 7.16. The van der Waals surface area contributed by atoms with Gasteiger partial charge in [-0.25, -0.2) is 16.8 Å². The Kier molecular flexibility index (Phi) is 7.88. The minimum Gasteiger partial charge on any atom is -0.298 e.